The lowest BCUT2D eigenvalue weighted by Crippen LogP contribution is -2.07. The van der Waals surface area contributed by atoms with Crippen LogP contribution in [0, 0.1) is 5.92 Å². The van der Waals surface area contributed by atoms with Crippen molar-refractivity contribution in [1.29, 1.82) is 0 Å². The van der Waals surface area contributed by atoms with Gasteiger partial charge in [0.25, 0.3) is 0 Å². The summed E-state index contributed by atoms with van der Waals surface area (Å²) in [5.41, 5.74) is 0. The van der Waals surface area contributed by atoms with Crippen LogP contribution in [0.1, 0.15) is 13.8 Å². The standard InChI is InChI=1S/C11H16O2/c1-4-6-7-8-10(3)9-13-11(12)5-2/h4-8,10H,2,9H2,1,3H3/b6-4+,8-7+/t10-/m1/s1. The average Bonchev–Trinajstić information content (AvgIpc) is 2.14. The van der Waals surface area contributed by atoms with Gasteiger partial charge in [-0.1, -0.05) is 37.8 Å². The second-order valence-corrected chi connectivity index (χ2v) is 2.72. The fourth-order valence-electron chi connectivity index (χ4n) is 0.693. The van der Waals surface area contributed by atoms with Crippen LogP contribution in [0.15, 0.2) is 37.0 Å². The number of ether oxygens (including phenoxy) is 1. The highest BCUT2D eigenvalue weighted by Gasteiger charge is 1.99. The highest BCUT2D eigenvalue weighted by atomic mass is 16.5. The van der Waals surface area contributed by atoms with Crippen molar-refractivity contribution in [3.8, 4) is 0 Å². The SMILES string of the molecule is C=CC(=O)OC[C@H](C)/C=C/C=C/C. The zero-order valence-electron chi connectivity index (χ0n) is 8.19. The molecule has 0 rings (SSSR count). The Kier molecular flexibility index (Phi) is 6.60. The Bertz CT molecular complexity index is 214. The lowest BCUT2D eigenvalue weighted by Gasteiger charge is -2.05. The average molecular weight is 180 g/mol. The number of esters is 1. The highest BCUT2D eigenvalue weighted by Crippen LogP contribution is 1.98. The molecule has 2 heteroatoms. The molecule has 0 spiro atoms. The highest BCUT2D eigenvalue weighted by molar-refractivity contribution is 5.81. The van der Waals surface area contributed by atoms with E-state index in [2.05, 4.69) is 6.58 Å². The van der Waals surface area contributed by atoms with E-state index in [0.717, 1.165) is 0 Å². The number of allylic oxidation sites excluding steroid dienone is 3. The quantitative estimate of drug-likeness (QED) is 0.369. The van der Waals surface area contributed by atoms with E-state index in [1.807, 2.05) is 38.2 Å². The second kappa shape index (κ2) is 7.35. The minimum atomic E-state index is -0.369. The van der Waals surface area contributed by atoms with E-state index >= 15 is 0 Å². The third-order valence-corrected chi connectivity index (χ3v) is 1.40. The molecular weight excluding hydrogens is 164 g/mol. The molecular formula is C11H16O2. The third kappa shape index (κ3) is 7.06. The maximum absolute atomic E-state index is 10.7. The van der Waals surface area contributed by atoms with Gasteiger partial charge in [-0.05, 0) is 6.92 Å². The Morgan fingerprint density at radius 3 is 2.77 bits per heavy atom. The molecule has 0 unspecified atom stereocenters. The summed E-state index contributed by atoms with van der Waals surface area (Å²) in [5, 5.41) is 0. The van der Waals surface area contributed by atoms with Crippen LogP contribution in [-0.4, -0.2) is 12.6 Å². The van der Waals surface area contributed by atoms with Gasteiger partial charge >= 0.3 is 5.97 Å². The normalized spacial score (nSPS) is 13.4. The summed E-state index contributed by atoms with van der Waals surface area (Å²) < 4.78 is 4.85. The summed E-state index contributed by atoms with van der Waals surface area (Å²) in [6, 6.07) is 0. The number of hydrogen-bond acceptors (Lipinski definition) is 2. The summed E-state index contributed by atoms with van der Waals surface area (Å²) >= 11 is 0. The van der Waals surface area contributed by atoms with Gasteiger partial charge in [0.15, 0.2) is 0 Å². The maximum atomic E-state index is 10.7. The monoisotopic (exact) mass is 180 g/mol. The zero-order valence-corrected chi connectivity index (χ0v) is 8.19. The minimum absolute atomic E-state index is 0.236. The van der Waals surface area contributed by atoms with Gasteiger partial charge in [-0.3, -0.25) is 0 Å². The lowest BCUT2D eigenvalue weighted by molar-refractivity contribution is -0.138. The summed E-state index contributed by atoms with van der Waals surface area (Å²) in [4.78, 5) is 10.7. The Morgan fingerprint density at radius 2 is 2.23 bits per heavy atom. The first-order valence-corrected chi connectivity index (χ1v) is 4.29. The van der Waals surface area contributed by atoms with Crippen LogP contribution in [0.3, 0.4) is 0 Å². The zero-order chi connectivity index (χ0) is 10.1. The molecule has 0 heterocycles. The molecule has 0 saturated heterocycles. The van der Waals surface area contributed by atoms with Crippen molar-refractivity contribution in [2.45, 2.75) is 13.8 Å². The Hall–Kier alpha value is -1.31. The van der Waals surface area contributed by atoms with Crippen LogP contribution >= 0.6 is 0 Å². The molecule has 2 nitrogen and oxygen atoms in total. The molecule has 0 aliphatic rings. The van der Waals surface area contributed by atoms with E-state index in [9.17, 15) is 4.79 Å². The molecule has 0 bridgehead atoms. The first-order valence-electron chi connectivity index (χ1n) is 4.29. The number of carbonyl (C=O) groups excluding carboxylic acids is 1. The van der Waals surface area contributed by atoms with Crippen molar-refractivity contribution in [2.24, 2.45) is 5.92 Å². The molecule has 0 N–H and O–H groups in total. The molecule has 0 fully saturated rings. The molecule has 72 valence electrons. The van der Waals surface area contributed by atoms with Gasteiger partial charge in [-0.2, -0.15) is 0 Å². The van der Waals surface area contributed by atoms with Crippen LogP contribution in [0.5, 0.6) is 0 Å². The van der Waals surface area contributed by atoms with Gasteiger partial charge < -0.3 is 4.74 Å². The molecule has 0 aromatic carbocycles. The number of carbonyl (C=O) groups is 1. The second-order valence-electron chi connectivity index (χ2n) is 2.72. The number of hydrogen-bond donors (Lipinski definition) is 0. The van der Waals surface area contributed by atoms with Crippen molar-refractivity contribution < 1.29 is 9.53 Å². The van der Waals surface area contributed by atoms with E-state index in [-0.39, 0.29) is 11.9 Å². The third-order valence-electron chi connectivity index (χ3n) is 1.40. The van der Waals surface area contributed by atoms with Gasteiger partial charge in [-0.25, -0.2) is 4.79 Å². The Morgan fingerprint density at radius 1 is 1.54 bits per heavy atom. The Labute approximate surface area is 79.6 Å². The first-order chi connectivity index (χ1) is 6.20. The van der Waals surface area contributed by atoms with Gasteiger partial charge in [0.1, 0.15) is 0 Å². The van der Waals surface area contributed by atoms with Crippen molar-refractivity contribution in [1.82, 2.24) is 0 Å². The van der Waals surface area contributed by atoms with Crippen molar-refractivity contribution in [3.05, 3.63) is 37.0 Å². The molecule has 13 heavy (non-hydrogen) atoms. The Balaban J connectivity index is 3.68. The molecule has 0 aliphatic heterocycles. The van der Waals surface area contributed by atoms with E-state index in [1.165, 1.54) is 6.08 Å². The van der Waals surface area contributed by atoms with E-state index < -0.39 is 0 Å². The van der Waals surface area contributed by atoms with Gasteiger partial charge in [0.05, 0.1) is 6.61 Å². The fourth-order valence-corrected chi connectivity index (χ4v) is 0.693. The first kappa shape index (κ1) is 11.7. The van der Waals surface area contributed by atoms with Gasteiger partial charge in [0, 0.05) is 12.0 Å². The topological polar surface area (TPSA) is 26.3 Å². The summed E-state index contributed by atoms with van der Waals surface area (Å²) in [5.74, 6) is -0.133. The molecule has 0 aromatic heterocycles. The molecule has 0 amide bonds. The molecule has 0 saturated carbocycles. The molecule has 0 aliphatic carbocycles. The van der Waals surface area contributed by atoms with Crippen LogP contribution in [-0.2, 0) is 9.53 Å². The predicted octanol–water partition coefficient (Wildman–Crippen LogP) is 2.48. The van der Waals surface area contributed by atoms with Crippen molar-refractivity contribution in [3.63, 3.8) is 0 Å². The fraction of sp³-hybridized carbons (Fsp3) is 0.364. The van der Waals surface area contributed by atoms with Crippen molar-refractivity contribution >= 4 is 5.97 Å². The van der Waals surface area contributed by atoms with Crippen LogP contribution in [0.2, 0.25) is 0 Å². The predicted molar refractivity (Wildman–Crippen MR) is 54.3 cm³/mol. The van der Waals surface area contributed by atoms with E-state index in [1.54, 1.807) is 0 Å². The smallest absolute Gasteiger partial charge is 0.330 e. The maximum Gasteiger partial charge on any atom is 0.330 e. The van der Waals surface area contributed by atoms with Crippen molar-refractivity contribution in [2.75, 3.05) is 6.61 Å². The van der Waals surface area contributed by atoms with Crippen LogP contribution in [0.4, 0.5) is 0 Å². The van der Waals surface area contributed by atoms with Crippen LogP contribution < -0.4 is 0 Å². The number of rotatable bonds is 5. The van der Waals surface area contributed by atoms with Gasteiger partial charge in [-0.15, -0.1) is 0 Å². The lowest BCUT2D eigenvalue weighted by atomic mass is 10.2. The molecule has 0 radical (unpaired) electrons. The van der Waals surface area contributed by atoms with E-state index in [0.29, 0.717) is 6.61 Å². The summed E-state index contributed by atoms with van der Waals surface area (Å²) in [7, 11) is 0. The molecule has 1 atom stereocenters. The van der Waals surface area contributed by atoms with Crippen LogP contribution in [0.25, 0.3) is 0 Å². The molecule has 0 aromatic rings. The van der Waals surface area contributed by atoms with Gasteiger partial charge in [0.2, 0.25) is 0 Å². The summed E-state index contributed by atoms with van der Waals surface area (Å²) in [6.07, 6.45) is 8.97. The summed E-state index contributed by atoms with van der Waals surface area (Å²) in [6.45, 7) is 7.65. The minimum Gasteiger partial charge on any atom is -0.462 e. The largest absolute Gasteiger partial charge is 0.462 e. The van der Waals surface area contributed by atoms with E-state index in [4.69, 9.17) is 4.74 Å².